The number of hydrogen-bond donors (Lipinski definition) is 2. The Morgan fingerprint density at radius 2 is 0.658 bits per heavy atom. The molecule has 2 saturated heterocycles. The summed E-state index contributed by atoms with van der Waals surface area (Å²) in [6, 6.07) is 0. The van der Waals surface area contributed by atoms with Crippen LogP contribution in [-0.2, 0) is 41.2 Å². The van der Waals surface area contributed by atoms with E-state index in [1.165, 1.54) is 0 Å². The van der Waals surface area contributed by atoms with Crippen LogP contribution in [0.25, 0.3) is 0 Å². The second-order valence-electron chi connectivity index (χ2n) is 11.4. The highest BCUT2D eigenvalue weighted by molar-refractivity contribution is 6.92. The Bertz CT molecular complexity index is 708. The second-order valence-corrected chi connectivity index (χ2v) is 41.2. The van der Waals surface area contributed by atoms with Crippen LogP contribution in [0.2, 0.25) is 91.7 Å². The van der Waals surface area contributed by atoms with Crippen LogP contribution in [0.4, 0.5) is 0 Å². The van der Waals surface area contributed by atoms with Crippen LogP contribution in [0.5, 0.6) is 0 Å². The molecule has 0 aliphatic carbocycles. The maximum absolute atomic E-state index is 6.34. The van der Waals surface area contributed by atoms with E-state index in [9.17, 15) is 0 Å². The predicted molar refractivity (Wildman–Crippen MR) is 174 cm³/mol. The molecule has 0 radical (unpaired) electrons. The fraction of sp³-hybridized carbons (Fsp3) is 1.00. The highest BCUT2D eigenvalue weighted by atomic mass is 28.5. The van der Waals surface area contributed by atoms with Crippen LogP contribution >= 0.6 is 0 Å². The van der Waals surface area contributed by atoms with Gasteiger partial charge in [0.2, 0.25) is 0 Å². The van der Waals surface area contributed by atoms with Gasteiger partial charge in [-0.05, 0) is 106 Å². The molecule has 0 amide bonds. The van der Waals surface area contributed by atoms with Crippen LogP contribution in [0.3, 0.4) is 0 Å². The normalized spacial score (nSPS) is 37.3. The van der Waals surface area contributed by atoms with E-state index in [0.717, 1.165) is 0 Å². The highest BCUT2D eigenvalue weighted by Crippen LogP contribution is 2.29. The average Bonchev–Trinajstić information content (AvgIpc) is 2.61. The van der Waals surface area contributed by atoms with Crippen LogP contribution in [0.1, 0.15) is 0 Å². The molecule has 2 aliphatic heterocycles. The Morgan fingerprint density at radius 3 is 0.947 bits per heavy atom. The van der Waals surface area contributed by atoms with Gasteiger partial charge in [-0.1, -0.05) is 0 Å². The zero-order chi connectivity index (χ0) is 29.8. The summed E-state index contributed by atoms with van der Waals surface area (Å²) in [6.45, 7) is 28.7. The van der Waals surface area contributed by atoms with Crippen molar-refractivity contribution in [1.82, 2.24) is 9.96 Å². The Morgan fingerprint density at radius 1 is 0.395 bits per heavy atom. The molecule has 12 nitrogen and oxygen atoms in total. The summed E-state index contributed by atoms with van der Waals surface area (Å²) in [4.78, 5) is 6.44. The average molecular weight is 715 g/mol. The van der Waals surface area contributed by atoms with Crippen molar-refractivity contribution < 1.29 is 41.2 Å². The van der Waals surface area contributed by atoms with Crippen LogP contribution in [0, 0.1) is 0 Å². The third-order valence-electron chi connectivity index (χ3n) is 5.20. The number of nitrogens with one attached hydrogen (secondary N) is 2. The lowest BCUT2D eigenvalue weighted by atomic mass is 11.6. The maximum atomic E-state index is 6.34. The molecule has 2 aliphatic rings. The predicted octanol–water partition coefficient (Wildman–Crippen LogP) is 1.95. The third kappa shape index (κ3) is 14.2. The van der Waals surface area contributed by atoms with Crippen molar-refractivity contribution in [3.63, 3.8) is 0 Å². The standard InChI is InChI=1S/C10H31NO5Si5.C6H23NO5Si5/c1-11-21(10)15-19(6,7)13-17(2,3)12-18(4,5)14-20(8,9)16-21;1-7-17(6)11-15(4)9-13(2)8-14(3)10-16(5)12-17/h11H,1-10H3;7,13-16H,1-6H3. The van der Waals surface area contributed by atoms with E-state index in [2.05, 4.69) is 62.3 Å². The van der Waals surface area contributed by atoms with E-state index in [1.54, 1.807) is 0 Å². The molecule has 2 fully saturated rings. The van der Waals surface area contributed by atoms with Crippen molar-refractivity contribution >= 4 is 88.8 Å². The zero-order valence-electron chi connectivity index (χ0n) is 26.4. The molecular weight excluding hydrogens is 661 g/mol. The van der Waals surface area contributed by atoms with Crippen molar-refractivity contribution in [2.45, 2.75) is 91.7 Å². The smallest absolute Gasteiger partial charge is 0.403 e. The Balaban J connectivity index is 0.000000389. The minimum absolute atomic E-state index is 1.59. The molecule has 2 N–H and O–H groups in total. The van der Waals surface area contributed by atoms with Crippen molar-refractivity contribution in [2.24, 2.45) is 0 Å². The van der Waals surface area contributed by atoms with E-state index < -0.39 is 88.8 Å². The molecule has 0 aromatic rings. The molecule has 0 aromatic heterocycles. The molecule has 4 atom stereocenters. The first-order valence-corrected chi connectivity index (χ1v) is 37.4. The molecule has 4 unspecified atom stereocenters. The summed E-state index contributed by atoms with van der Waals surface area (Å²) in [5.41, 5.74) is 0. The van der Waals surface area contributed by atoms with Gasteiger partial charge in [-0.3, -0.25) is 9.96 Å². The summed E-state index contributed by atoms with van der Waals surface area (Å²) in [7, 11) is -16.9. The van der Waals surface area contributed by atoms with Crippen molar-refractivity contribution in [3.05, 3.63) is 0 Å². The van der Waals surface area contributed by atoms with Gasteiger partial charge in [-0.25, -0.2) is 0 Å². The van der Waals surface area contributed by atoms with Gasteiger partial charge in [0, 0.05) is 0 Å². The van der Waals surface area contributed by atoms with E-state index in [0.29, 0.717) is 0 Å². The lowest BCUT2D eigenvalue weighted by molar-refractivity contribution is 0.231. The summed E-state index contributed by atoms with van der Waals surface area (Å²) < 4.78 is 61.1. The molecule has 0 spiro atoms. The first-order chi connectivity index (χ1) is 16.9. The molecule has 22 heteroatoms. The van der Waals surface area contributed by atoms with Gasteiger partial charge in [-0.2, -0.15) is 0 Å². The maximum Gasteiger partial charge on any atom is 0.403 e. The Hall–Kier alpha value is 1.69. The first-order valence-electron chi connectivity index (χ1n) is 13.1. The van der Waals surface area contributed by atoms with Gasteiger partial charge < -0.3 is 41.2 Å². The van der Waals surface area contributed by atoms with Crippen LogP contribution in [0.15, 0.2) is 0 Å². The SMILES string of the molecule is CN[Si]1(C)O[SiH](C)O[SiH](C)O[SiH](C)O[SiH](C)O1.CN[Si]1(C)O[Si](C)(C)O[Si](C)(C)O[Si](C)(C)O[Si](C)(C)O1. The summed E-state index contributed by atoms with van der Waals surface area (Å²) in [6.07, 6.45) is 0. The lowest BCUT2D eigenvalue weighted by Gasteiger charge is -2.46. The molecule has 38 heavy (non-hydrogen) atoms. The minimum atomic E-state index is -2.53. The zero-order valence-corrected chi connectivity index (χ0v) is 37.0. The summed E-state index contributed by atoms with van der Waals surface area (Å²) in [5.74, 6) is 0. The largest absolute Gasteiger partial charge is 0.420 e. The number of rotatable bonds is 2. The molecule has 228 valence electrons. The van der Waals surface area contributed by atoms with Gasteiger partial charge >= 0.3 is 70.3 Å². The summed E-state index contributed by atoms with van der Waals surface area (Å²) in [5, 5.41) is 0. The minimum Gasteiger partial charge on any atom is -0.420 e. The van der Waals surface area contributed by atoms with Gasteiger partial charge in [-0.15, -0.1) is 0 Å². The van der Waals surface area contributed by atoms with Crippen molar-refractivity contribution in [1.29, 1.82) is 0 Å². The molecule has 2 rings (SSSR count). The van der Waals surface area contributed by atoms with Crippen LogP contribution < -0.4 is 9.96 Å². The third-order valence-corrected chi connectivity index (χ3v) is 41.3. The fourth-order valence-electron chi connectivity index (χ4n) is 4.63. The lowest BCUT2D eigenvalue weighted by Crippen LogP contribution is -2.68. The molecule has 0 saturated carbocycles. The summed E-state index contributed by atoms with van der Waals surface area (Å²) >= 11 is 0. The van der Waals surface area contributed by atoms with Gasteiger partial charge in [0.25, 0.3) is 18.6 Å². The van der Waals surface area contributed by atoms with E-state index >= 15 is 0 Å². The Kier molecular flexibility index (Phi) is 14.3. The van der Waals surface area contributed by atoms with Gasteiger partial charge in [0.15, 0.2) is 0 Å². The Labute approximate surface area is 244 Å². The topological polar surface area (TPSA) is 116 Å². The highest BCUT2D eigenvalue weighted by Gasteiger charge is 2.52. The van der Waals surface area contributed by atoms with Gasteiger partial charge in [0.1, 0.15) is 0 Å². The van der Waals surface area contributed by atoms with E-state index in [4.69, 9.17) is 41.2 Å². The number of hydrogen-bond acceptors (Lipinski definition) is 12. The molecular formula is C16H54N2O10Si10. The molecule has 2 heterocycles. The van der Waals surface area contributed by atoms with E-state index in [1.807, 2.05) is 53.4 Å². The first kappa shape index (κ1) is 37.7. The van der Waals surface area contributed by atoms with Crippen molar-refractivity contribution in [2.75, 3.05) is 14.1 Å². The van der Waals surface area contributed by atoms with Crippen molar-refractivity contribution in [3.8, 4) is 0 Å². The van der Waals surface area contributed by atoms with E-state index in [-0.39, 0.29) is 0 Å². The van der Waals surface area contributed by atoms with Gasteiger partial charge in [0.05, 0.1) is 0 Å². The monoisotopic (exact) mass is 714 g/mol. The molecule has 0 aromatic carbocycles. The fourth-order valence-corrected chi connectivity index (χ4v) is 46.2. The quantitative estimate of drug-likeness (QED) is 0.408. The second kappa shape index (κ2) is 14.4. The molecule has 0 bridgehead atoms. The van der Waals surface area contributed by atoms with Crippen LogP contribution in [-0.4, -0.2) is 103 Å².